The van der Waals surface area contributed by atoms with Gasteiger partial charge in [0.05, 0.1) is 11.3 Å². The molecule has 5 N–H and O–H groups in total. The van der Waals surface area contributed by atoms with Gasteiger partial charge in [0.15, 0.2) is 5.84 Å². The molecule has 2 aromatic rings. The number of nitrogen functional groups attached to an aromatic ring is 1. The summed E-state index contributed by atoms with van der Waals surface area (Å²) in [5.74, 6) is 5.90. The summed E-state index contributed by atoms with van der Waals surface area (Å²) in [6.07, 6.45) is 8.95. The van der Waals surface area contributed by atoms with E-state index in [0.29, 0.717) is 23.0 Å². The maximum atomic E-state index is 14.1. The Hall–Kier alpha value is -2.67. The lowest BCUT2D eigenvalue weighted by Gasteiger charge is -2.13. The number of halogens is 1. The average Bonchev–Trinajstić information content (AvgIpc) is 2.76. The first-order valence-corrected chi connectivity index (χ1v) is 11.8. The molecule has 2 unspecified atom stereocenters. The zero-order valence-corrected chi connectivity index (χ0v) is 19.7. The van der Waals surface area contributed by atoms with Gasteiger partial charge < -0.3 is 11.2 Å². The Balaban J connectivity index is 2.59. The molecule has 6 nitrogen and oxygen atoms in total. The molecular formula is C22H27FN5OPS. The molecule has 2 rings (SSSR count). The number of hydrazine groups is 1. The third-order valence-electron chi connectivity index (χ3n) is 4.44. The third-order valence-corrected chi connectivity index (χ3v) is 5.78. The molecule has 31 heavy (non-hydrogen) atoms. The SMILES string of the molecule is C\C=C/C=C(N=C(NN)c1cc(-c2ccc(S(C)=O)cc2)cnc1N)\C(CP)=C(/C)F. The van der Waals surface area contributed by atoms with Crippen molar-refractivity contribution in [1.82, 2.24) is 10.4 Å². The van der Waals surface area contributed by atoms with Crippen molar-refractivity contribution < 1.29 is 8.60 Å². The van der Waals surface area contributed by atoms with Gasteiger partial charge in [-0.2, -0.15) is 0 Å². The number of nitrogens with one attached hydrogen (secondary N) is 1. The number of pyridine rings is 1. The van der Waals surface area contributed by atoms with Gasteiger partial charge >= 0.3 is 0 Å². The lowest BCUT2D eigenvalue weighted by atomic mass is 10.0. The standard InChI is InChI=1S/C22H27FN5OPS/c1-4-5-6-20(19(13-30)14(2)23)27-22(28-25)18-11-16(12-26-21(18)24)15-7-9-17(10-8-15)31(3)29/h4-12H,13,25,30H2,1-3H3,(H2,24,26)(H,27,28)/b5-4-,19-14+,20-6+. The van der Waals surface area contributed by atoms with E-state index in [1.807, 2.05) is 25.1 Å². The zero-order valence-electron chi connectivity index (χ0n) is 17.7. The molecule has 0 fully saturated rings. The summed E-state index contributed by atoms with van der Waals surface area (Å²) in [6, 6.07) is 9.13. The summed E-state index contributed by atoms with van der Waals surface area (Å²) in [7, 11) is 1.44. The third kappa shape index (κ3) is 6.40. The highest BCUT2D eigenvalue weighted by Crippen LogP contribution is 2.25. The quantitative estimate of drug-likeness (QED) is 0.146. The van der Waals surface area contributed by atoms with Gasteiger partial charge in [-0.25, -0.2) is 20.2 Å². The lowest BCUT2D eigenvalue weighted by molar-refractivity contribution is 0.629. The lowest BCUT2D eigenvalue weighted by Crippen LogP contribution is -2.32. The van der Waals surface area contributed by atoms with Gasteiger partial charge in [-0.15, -0.1) is 9.24 Å². The monoisotopic (exact) mass is 459 g/mol. The van der Waals surface area contributed by atoms with E-state index in [0.717, 1.165) is 16.0 Å². The number of hydrogen-bond acceptors (Lipinski definition) is 5. The number of rotatable bonds is 7. The van der Waals surface area contributed by atoms with Crippen LogP contribution < -0.4 is 17.0 Å². The first kappa shape index (κ1) is 24.6. The van der Waals surface area contributed by atoms with Crippen LogP contribution in [0.3, 0.4) is 0 Å². The molecule has 0 saturated carbocycles. The smallest absolute Gasteiger partial charge is 0.151 e. The molecule has 1 aromatic carbocycles. The van der Waals surface area contributed by atoms with Gasteiger partial charge in [0.25, 0.3) is 0 Å². The van der Waals surface area contributed by atoms with Crippen LogP contribution in [0, 0.1) is 0 Å². The molecule has 0 aliphatic rings. The molecule has 1 aromatic heterocycles. The number of amidine groups is 1. The first-order valence-electron chi connectivity index (χ1n) is 9.46. The van der Waals surface area contributed by atoms with Gasteiger partial charge in [0.2, 0.25) is 0 Å². The number of nitrogens with zero attached hydrogens (tertiary/aromatic N) is 2. The Bertz CT molecular complexity index is 1070. The molecular weight excluding hydrogens is 432 g/mol. The Morgan fingerprint density at radius 2 is 2.00 bits per heavy atom. The van der Waals surface area contributed by atoms with Crippen molar-refractivity contribution in [3.05, 3.63) is 77.4 Å². The minimum absolute atomic E-state index is 0.227. The molecule has 0 aliphatic heterocycles. The van der Waals surface area contributed by atoms with Crippen LogP contribution in [0.5, 0.6) is 0 Å². The summed E-state index contributed by atoms with van der Waals surface area (Å²) in [6.45, 7) is 3.24. The van der Waals surface area contributed by atoms with Gasteiger partial charge in [-0.1, -0.05) is 24.3 Å². The molecule has 2 atom stereocenters. The predicted octanol–water partition coefficient (Wildman–Crippen LogP) is 3.86. The maximum absolute atomic E-state index is 14.1. The number of anilines is 1. The van der Waals surface area contributed by atoms with E-state index in [-0.39, 0.29) is 17.5 Å². The fourth-order valence-electron chi connectivity index (χ4n) is 2.77. The fourth-order valence-corrected chi connectivity index (χ4v) is 3.78. The van der Waals surface area contributed by atoms with Crippen LogP contribution >= 0.6 is 9.24 Å². The number of nitrogens with two attached hydrogens (primary N) is 2. The average molecular weight is 460 g/mol. The summed E-state index contributed by atoms with van der Waals surface area (Å²) in [4.78, 5) is 9.55. The molecule has 0 amide bonds. The zero-order chi connectivity index (χ0) is 23.0. The fraction of sp³-hybridized carbons (Fsp3) is 0.182. The van der Waals surface area contributed by atoms with Crippen molar-refractivity contribution in [2.45, 2.75) is 18.7 Å². The van der Waals surface area contributed by atoms with E-state index in [1.54, 1.807) is 42.8 Å². The Morgan fingerprint density at radius 3 is 2.52 bits per heavy atom. The van der Waals surface area contributed by atoms with Gasteiger partial charge in [0.1, 0.15) is 11.6 Å². The predicted molar refractivity (Wildman–Crippen MR) is 132 cm³/mol. The number of benzene rings is 1. The Labute approximate surface area is 187 Å². The van der Waals surface area contributed by atoms with Crippen LogP contribution in [0.4, 0.5) is 10.2 Å². The van der Waals surface area contributed by atoms with Crippen molar-refractivity contribution in [2.24, 2.45) is 10.8 Å². The second kappa shape index (κ2) is 11.6. The highest BCUT2D eigenvalue weighted by atomic mass is 32.2. The molecule has 164 valence electrons. The van der Waals surface area contributed by atoms with Crippen LogP contribution in [-0.4, -0.2) is 27.4 Å². The van der Waals surface area contributed by atoms with Crippen LogP contribution in [0.25, 0.3) is 11.1 Å². The largest absolute Gasteiger partial charge is 0.383 e. The topological polar surface area (TPSA) is 106 Å². The van der Waals surface area contributed by atoms with E-state index >= 15 is 0 Å². The van der Waals surface area contributed by atoms with Crippen molar-refractivity contribution in [1.29, 1.82) is 0 Å². The maximum Gasteiger partial charge on any atom is 0.151 e. The van der Waals surface area contributed by atoms with Crippen LogP contribution in [0.15, 0.2) is 81.7 Å². The van der Waals surface area contributed by atoms with Gasteiger partial charge in [-0.3, -0.25) is 4.21 Å². The van der Waals surface area contributed by atoms with E-state index in [1.165, 1.54) is 6.92 Å². The molecule has 0 aliphatic carbocycles. The van der Waals surface area contributed by atoms with E-state index in [2.05, 4.69) is 24.6 Å². The van der Waals surface area contributed by atoms with E-state index in [4.69, 9.17) is 11.6 Å². The normalized spacial score (nSPS) is 14.5. The summed E-state index contributed by atoms with van der Waals surface area (Å²) in [5, 5.41) is 0. The molecule has 0 spiro atoms. The second-order valence-electron chi connectivity index (χ2n) is 6.53. The highest BCUT2D eigenvalue weighted by Gasteiger charge is 2.14. The highest BCUT2D eigenvalue weighted by molar-refractivity contribution is 7.84. The number of hydrogen-bond donors (Lipinski definition) is 3. The van der Waals surface area contributed by atoms with E-state index < -0.39 is 10.8 Å². The first-order chi connectivity index (χ1) is 14.8. The molecule has 9 heteroatoms. The second-order valence-corrected chi connectivity index (χ2v) is 8.32. The molecule has 0 bridgehead atoms. The van der Waals surface area contributed by atoms with Crippen molar-refractivity contribution in [3.63, 3.8) is 0 Å². The number of aliphatic imine (C=N–C) groups is 1. The minimum Gasteiger partial charge on any atom is -0.383 e. The van der Waals surface area contributed by atoms with Crippen molar-refractivity contribution in [2.75, 3.05) is 18.2 Å². The molecule has 0 saturated heterocycles. The van der Waals surface area contributed by atoms with Crippen LogP contribution in [-0.2, 0) is 10.8 Å². The van der Waals surface area contributed by atoms with Gasteiger partial charge in [-0.05, 0) is 49.8 Å². The van der Waals surface area contributed by atoms with Gasteiger partial charge in [0, 0.05) is 39.3 Å². The Kier molecular flexibility index (Phi) is 9.24. The van der Waals surface area contributed by atoms with Crippen molar-refractivity contribution in [3.8, 4) is 11.1 Å². The summed E-state index contributed by atoms with van der Waals surface area (Å²) in [5.41, 5.74) is 11.6. The minimum atomic E-state index is -1.06. The Morgan fingerprint density at radius 1 is 1.32 bits per heavy atom. The van der Waals surface area contributed by atoms with Crippen LogP contribution in [0.2, 0.25) is 0 Å². The summed E-state index contributed by atoms with van der Waals surface area (Å²) >= 11 is 0. The molecule has 1 heterocycles. The number of allylic oxidation sites excluding steroid dienone is 5. The van der Waals surface area contributed by atoms with Crippen LogP contribution in [0.1, 0.15) is 19.4 Å². The molecule has 0 radical (unpaired) electrons. The van der Waals surface area contributed by atoms with Crippen molar-refractivity contribution >= 4 is 31.7 Å². The summed E-state index contributed by atoms with van der Waals surface area (Å²) < 4.78 is 25.7. The number of aromatic nitrogens is 1. The van der Waals surface area contributed by atoms with E-state index in [9.17, 15) is 8.60 Å².